The zero-order chi connectivity index (χ0) is 28.2. The van der Waals surface area contributed by atoms with Gasteiger partial charge < -0.3 is 14.0 Å². The fraction of sp³-hybridized carbons (Fsp3) is 0.629. The van der Waals surface area contributed by atoms with Gasteiger partial charge in [0.05, 0.1) is 26.8 Å². The molecule has 0 fully saturated rings. The summed E-state index contributed by atoms with van der Waals surface area (Å²) in [5.74, 6) is 0.815. The number of benzene rings is 2. The lowest BCUT2D eigenvalue weighted by molar-refractivity contribution is -0.896. The minimum Gasteiger partial charge on any atom is -0.490 e. The van der Waals surface area contributed by atoms with Crippen LogP contribution in [0.3, 0.4) is 0 Å². The second kappa shape index (κ2) is 19.7. The van der Waals surface area contributed by atoms with Crippen molar-refractivity contribution in [2.75, 3.05) is 27.2 Å². The van der Waals surface area contributed by atoms with E-state index >= 15 is 0 Å². The Morgan fingerprint density at radius 2 is 1.33 bits per heavy atom. The van der Waals surface area contributed by atoms with Crippen molar-refractivity contribution in [1.29, 1.82) is 0 Å². The summed E-state index contributed by atoms with van der Waals surface area (Å²) in [6.45, 7) is 5.87. The van der Waals surface area contributed by atoms with Crippen LogP contribution >= 0.6 is 0 Å². The first-order chi connectivity index (χ1) is 18.9. The zero-order valence-electron chi connectivity index (χ0n) is 25.5. The highest BCUT2D eigenvalue weighted by Gasteiger charge is 2.22. The van der Waals surface area contributed by atoms with Crippen molar-refractivity contribution in [3.8, 4) is 5.75 Å². The lowest BCUT2D eigenvalue weighted by Crippen LogP contribution is -2.43. The predicted molar refractivity (Wildman–Crippen MR) is 164 cm³/mol. The highest BCUT2D eigenvalue weighted by molar-refractivity contribution is 5.70. The van der Waals surface area contributed by atoms with Crippen molar-refractivity contribution in [2.24, 2.45) is 0 Å². The van der Waals surface area contributed by atoms with Crippen molar-refractivity contribution in [3.05, 3.63) is 65.7 Å². The minimum absolute atomic E-state index is 0.00672. The number of hydrogen-bond donors (Lipinski definition) is 0. The Morgan fingerprint density at radius 3 is 1.97 bits per heavy atom. The maximum Gasteiger partial charge on any atom is 0.361 e. The summed E-state index contributed by atoms with van der Waals surface area (Å²) in [4.78, 5) is 12.5. The van der Waals surface area contributed by atoms with Gasteiger partial charge in [0, 0.05) is 12.0 Å². The first-order valence-corrected chi connectivity index (χ1v) is 15.7. The lowest BCUT2D eigenvalue weighted by atomic mass is 10.0. The van der Waals surface area contributed by atoms with Crippen LogP contribution in [0.4, 0.5) is 0 Å². The fourth-order valence-corrected chi connectivity index (χ4v) is 5.12. The number of carbonyl (C=O) groups is 1. The Hall–Kier alpha value is -2.33. The van der Waals surface area contributed by atoms with E-state index in [1.807, 2.05) is 24.3 Å². The largest absolute Gasteiger partial charge is 0.490 e. The molecule has 0 saturated heterocycles. The van der Waals surface area contributed by atoms with Crippen LogP contribution in [0.25, 0.3) is 0 Å². The zero-order valence-corrected chi connectivity index (χ0v) is 25.5. The number of likely N-dealkylation sites (N-methyl/N-ethyl adjacent to an activating group) is 1. The second-order valence-electron chi connectivity index (χ2n) is 11.9. The van der Waals surface area contributed by atoms with E-state index in [0.717, 1.165) is 18.7 Å². The first kappa shape index (κ1) is 32.9. The van der Waals surface area contributed by atoms with Crippen LogP contribution in [0.15, 0.2) is 54.6 Å². The molecule has 2 aromatic carbocycles. The molecule has 0 amide bonds. The summed E-state index contributed by atoms with van der Waals surface area (Å²) < 4.78 is 12.4. The van der Waals surface area contributed by atoms with Gasteiger partial charge in [-0.05, 0) is 31.4 Å². The molecule has 0 radical (unpaired) electrons. The number of unbranched alkanes of at least 4 members (excludes halogenated alkanes) is 11. The molecular formula is C35H56NO3+. The molecule has 39 heavy (non-hydrogen) atoms. The molecule has 4 nitrogen and oxygen atoms in total. The molecule has 0 aliphatic carbocycles. The summed E-state index contributed by atoms with van der Waals surface area (Å²) >= 11 is 0. The fourth-order valence-electron chi connectivity index (χ4n) is 5.12. The normalized spacial score (nSPS) is 12.3. The Bertz CT molecular complexity index is 896. The highest BCUT2D eigenvalue weighted by atomic mass is 16.5. The SMILES string of the molecule is CCCCCCCCCCCCCCc1ccccc1OC(C)CCOC(=O)C[N+](C)(C)Cc1ccccc1. The molecular weight excluding hydrogens is 482 g/mol. The van der Waals surface area contributed by atoms with Crippen LogP contribution in [-0.2, 0) is 22.5 Å². The van der Waals surface area contributed by atoms with E-state index in [9.17, 15) is 4.79 Å². The van der Waals surface area contributed by atoms with Gasteiger partial charge in [0.25, 0.3) is 0 Å². The molecule has 0 spiro atoms. The van der Waals surface area contributed by atoms with Crippen molar-refractivity contribution in [3.63, 3.8) is 0 Å². The average molecular weight is 539 g/mol. The number of quaternary nitrogens is 1. The minimum atomic E-state index is -0.157. The van der Waals surface area contributed by atoms with Gasteiger partial charge in [-0.2, -0.15) is 0 Å². The van der Waals surface area contributed by atoms with Crippen LogP contribution in [0, 0.1) is 0 Å². The summed E-state index contributed by atoms with van der Waals surface area (Å²) in [7, 11) is 4.13. The van der Waals surface area contributed by atoms with Crippen LogP contribution < -0.4 is 4.74 Å². The van der Waals surface area contributed by atoms with Gasteiger partial charge >= 0.3 is 5.97 Å². The third-order valence-electron chi connectivity index (χ3n) is 7.40. The van der Waals surface area contributed by atoms with Crippen molar-refractivity contribution in [1.82, 2.24) is 0 Å². The number of esters is 1. The molecule has 2 rings (SSSR count). The third kappa shape index (κ3) is 15.8. The van der Waals surface area contributed by atoms with Gasteiger partial charge in [-0.3, -0.25) is 0 Å². The van der Waals surface area contributed by atoms with E-state index in [-0.39, 0.29) is 12.1 Å². The molecule has 0 aliphatic rings. The lowest BCUT2D eigenvalue weighted by Gasteiger charge is -2.28. The number of aryl methyl sites for hydroxylation is 1. The number of hydrogen-bond acceptors (Lipinski definition) is 3. The summed E-state index contributed by atoms with van der Waals surface area (Å²) in [5, 5.41) is 0. The second-order valence-corrected chi connectivity index (χ2v) is 11.9. The summed E-state index contributed by atoms with van der Waals surface area (Å²) in [5.41, 5.74) is 2.51. The third-order valence-corrected chi connectivity index (χ3v) is 7.40. The van der Waals surface area contributed by atoms with E-state index in [2.05, 4.69) is 58.3 Å². The molecule has 0 aromatic heterocycles. The van der Waals surface area contributed by atoms with Crippen molar-refractivity contribution < 1.29 is 18.8 Å². The Balaban J connectivity index is 1.59. The van der Waals surface area contributed by atoms with E-state index in [0.29, 0.717) is 24.1 Å². The van der Waals surface area contributed by atoms with Crippen molar-refractivity contribution in [2.45, 2.75) is 116 Å². The Morgan fingerprint density at radius 1 is 0.769 bits per heavy atom. The summed E-state index contributed by atoms with van der Waals surface area (Å²) in [6.07, 6.45) is 18.1. The molecule has 1 atom stereocenters. The van der Waals surface area contributed by atoms with E-state index < -0.39 is 0 Å². The smallest absolute Gasteiger partial charge is 0.361 e. The van der Waals surface area contributed by atoms with Crippen LogP contribution in [0.5, 0.6) is 5.75 Å². The number of para-hydroxylation sites is 1. The van der Waals surface area contributed by atoms with Gasteiger partial charge in [0.15, 0.2) is 6.54 Å². The monoisotopic (exact) mass is 538 g/mol. The molecule has 218 valence electrons. The maximum absolute atomic E-state index is 12.5. The van der Waals surface area contributed by atoms with Gasteiger partial charge in [0.2, 0.25) is 0 Å². The average Bonchev–Trinajstić information content (AvgIpc) is 2.90. The number of rotatable bonds is 22. The van der Waals surface area contributed by atoms with Gasteiger partial charge in [-0.15, -0.1) is 0 Å². The van der Waals surface area contributed by atoms with Crippen LogP contribution in [0.1, 0.15) is 108 Å². The topological polar surface area (TPSA) is 35.5 Å². The van der Waals surface area contributed by atoms with Gasteiger partial charge in [0.1, 0.15) is 12.3 Å². The van der Waals surface area contributed by atoms with Gasteiger partial charge in [-0.1, -0.05) is 126 Å². The van der Waals surface area contributed by atoms with Crippen molar-refractivity contribution >= 4 is 5.97 Å². The molecule has 0 aliphatic heterocycles. The molecule has 2 aromatic rings. The molecule has 0 saturated carbocycles. The molecule has 0 bridgehead atoms. The predicted octanol–water partition coefficient (Wildman–Crippen LogP) is 8.91. The first-order valence-electron chi connectivity index (χ1n) is 15.7. The molecule has 0 N–H and O–H groups in total. The number of nitrogens with zero attached hydrogens (tertiary/aromatic N) is 1. The molecule has 0 heterocycles. The highest BCUT2D eigenvalue weighted by Crippen LogP contribution is 2.23. The maximum atomic E-state index is 12.5. The van der Waals surface area contributed by atoms with E-state index in [4.69, 9.17) is 9.47 Å². The quantitative estimate of drug-likeness (QED) is 0.0853. The van der Waals surface area contributed by atoms with Gasteiger partial charge in [-0.25, -0.2) is 4.79 Å². The number of carbonyl (C=O) groups excluding carboxylic acids is 1. The Kier molecular flexibility index (Phi) is 16.6. The Labute approximate surface area is 239 Å². The van der Waals surface area contributed by atoms with E-state index in [1.54, 1.807) is 0 Å². The molecule has 4 heteroatoms. The van der Waals surface area contributed by atoms with Crippen LogP contribution in [-0.4, -0.2) is 43.8 Å². The molecule has 1 unspecified atom stereocenters. The van der Waals surface area contributed by atoms with E-state index in [1.165, 1.54) is 88.2 Å². The summed E-state index contributed by atoms with van der Waals surface area (Å²) in [6, 6.07) is 18.7. The standard InChI is InChI=1S/C35H56NO3/c1-5-6-7-8-9-10-11-12-13-14-15-19-24-33-25-20-21-26-34(33)39-31(2)27-28-38-35(37)30-36(3,4)29-32-22-17-16-18-23-32/h16-18,20-23,25-26,31H,5-15,19,24,27-30H2,1-4H3/q+1. The van der Waals surface area contributed by atoms with Crippen LogP contribution in [0.2, 0.25) is 0 Å². The number of ether oxygens (including phenoxy) is 2.